The molecule has 0 amide bonds. The van der Waals surface area contributed by atoms with Gasteiger partial charge in [0.15, 0.2) is 0 Å². The van der Waals surface area contributed by atoms with Crippen LogP contribution in [-0.2, 0) is 0 Å². The van der Waals surface area contributed by atoms with Gasteiger partial charge in [0.25, 0.3) is 0 Å². The van der Waals surface area contributed by atoms with E-state index in [1.165, 1.54) is 11.8 Å². The number of nitrogens with one attached hydrogen (secondary N) is 1. The van der Waals surface area contributed by atoms with Crippen LogP contribution in [0.15, 0.2) is 46.5 Å². The van der Waals surface area contributed by atoms with E-state index in [1.807, 2.05) is 0 Å². The molecule has 0 unspecified atom stereocenters. The number of benzene rings is 1. The Hall–Kier alpha value is -1.79. The number of rotatable bonds is 4. The van der Waals surface area contributed by atoms with Gasteiger partial charge in [-0.15, -0.1) is 0 Å². The van der Waals surface area contributed by atoms with Gasteiger partial charge in [0, 0.05) is 13.2 Å². The van der Waals surface area contributed by atoms with Crippen molar-refractivity contribution in [3.63, 3.8) is 0 Å². The molecule has 0 fully saturated rings. The summed E-state index contributed by atoms with van der Waals surface area (Å²) in [6.07, 6.45) is 1.60. The fourth-order valence-corrected chi connectivity index (χ4v) is 2.70. The molecule has 1 aromatic carbocycles. The molecule has 0 aliphatic rings. The third kappa shape index (κ3) is 2.97. The molecular formula is C12H10ClN3O2S. The largest absolute Gasteiger partial charge is 0.383 e. The Kier molecular flexibility index (Phi) is 4.24. The Morgan fingerprint density at radius 3 is 2.79 bits per heavy atom. The van der Waals surface area contributed by atoms with Crippen molar-refractivity contribution in [1.29, 1.82) is 0 Å². The summed E-state index contributed by atoms with van der Waals surface area (Å²) in [4.78, 5) is 15.4. The van der Waals surface area contributed by atoms with E-state index in [0.29, 0.717) is 20.6 Å². The van der Waals surface area contributed by atoms with Crippen LogP contribution in [0.3, 0.4) is 0 Å². The average molecular weight is 296 g/mol. The van der Waals surface area contributed by atoms with Crippen LogP contribution in [0.1, 0.15) is 0 Å². The van der Waals surface area contributed by atoms with E-state index < -0.39 is 4.92 Å². The molecule has 0 atom stereocenters. The Balaban J connectivity index is 2.46. The lowest BCUT2D eigenvalue weighted by molar-refractivity contribution is -0.386. The normalized spacial score (nSPS) is 10.2. The maximum Gasteiger partial charge on any atom is 0.306 e. The zero-order chi connectivity index (χ0) is 13.8. The second kappa shape index (κ2) is 5.90. The average Bonchev–Trinajstić information content (AvgIpc) is 2.40. The van der Waals surface area contributed by atoms with Crippen molar-refractivity contribution in [3.05, 3.63) is 51.7 Å². The third-order valence-corrected chi connectivity index (χ3v) is 3.87. The van der Waals surface area contributed by atoms with Crippen LogP contribution in [0.5, 0.6) is 0 Å². The maximum absolute atomic E-state index is 11.2. The molecule has 2 aromatic rings. The van der Waals surface area contributed by atoms with Gasteiger partial charge in [0.1, 0.15) is 10.7 Å². The molecule has 0 saturated carbocycles. The van der Waals surface area contributed by atoms with Crippen molar-refractivity contribution in [1.82, 2.24) is 4.98 Å². The lowest BCUT2D eigenvalue weighted by Gasteiger charge is -2.07. The molecule has 5 nitrogen and oxygen atoms in total. The number of nitro benzene ring substituents is 1. The second-order valence-corrected chi connectivity index (χ2v) is 4.99. The number of anilines is 1. The maximum atomic E-state index is 11.2. The van der Waals surface area contributed by atoms with Crippen LogP contribution >= 0.6 is 23.4 Å². The Bertz CT molecular complexity index is 622. The molecule has 0 spiro atoms. The summed E-state index contributed by atoms with van der Waals surface area (Å²) in [5.74, 6) is 0. The first-order valence-corrected chi connectivity index (χ1v) is 6.56. The summed E-state index contributed by atoms with van der Waals surface area (Å²) in [6, 6.07) is 8.49. The quantitative estimate of drug-likeness (QED) is 0.685. The first-order chi connectivity index (χ1) is 9.13. The highest BCUT2D eigenvalue weighted by Crippen LogP contribution is 2.40. The van der Waals surface area contributed by atoms with Gasteiger partial charge in [-0.3, -0.25) is 10.1 Å². The Morgan fingerprint density at radius 2 is 2.16 bits per heavy atom. The fraction of sp³-hybridized carbons (Fsp3) is 0.0833. The van der Waals surface area contributed by atoms with Gasteiger partial charge in [-0.2, -0.15) is 0 Å². The van der Waals surface area contributed by atoms with Gasteiger partial charge in [0.05, 0.1) is 14.8 Å². The minimum atomic E-state index is -0.412. The summed E-state index contributed by atoms with van der Waals surface area (Å²) < 4.78 is 0. The van der Waals surface area contributed by atoms with Gasteiger partial charge in [-0.1, -0.05) is 29.4 Å². The van der Waals surface area contributed by atoms with Crippen molar-refractivity contribution >= 4 is 34.7 Å². The van der Waals surface area contributed by atoms with E-state index in [9.17, 15) is 10.1 Å². The van der Waals surface area contributed by atoms with E-state index in [4.69, 9.17) is 11.6 Å². The summed E-state index contributed by atoms with van der Waals surface area (Å²) in [5, 5.41) is 15.0. The summed E-state index contributed by atoms with van der Waals surface area (Å²) in [7, 11) is 1.64. The van der Waals surface area contributed by atoms with Crippen LogP contribution in [0.25, 0.3) is 0 Å². The SMILES string of the molecule is CNc1cccc(Sc2ncccc2Cl)c1[N+](=O)[O-]. The van der Waals surface area contributed by atoms with Crippen LogP contribution in [-0.4, -0.2) is 17.0 Å². The minimum absolute atomic E-state index is 0.0247. The lowest BCUT2D eigenvalue weighted by Crippen LogP contribution is -1.98. The molecule has 98 valence electrons. The molecule has 0 aliphatic heterocycles. The van der Waals surface area contributed by atoms with Crippen molar-refractivity contribution in [2.45, 2.75) is 9.92 Å². The first kappa shape index (κ1) is 13.6. The number of para-hydroxylation sites is 1. The molecule has 2 rings (SSSR count). The van der Waals surface area contributed by atoms with E-state index in [-0.39, 0.29) is 5.69 Å². The van der Waals surface area contributed by atoms with Crippen molar-refractivity contribution in [2.75, 3.05) is 12.4 Å². The number of aromatic nitrogens is 1. The van der Waals surface area contributed by atoms with E-state index in [2.05, 4.69) is 10.3 Å². The van der Waals surface area contributed by atoms with Gasteiger partial charge in [-0.25, -0.2) is 4.98 Å². The smallest absolute Gasteiger partial charge is 0.306 e. The molecule has 0 radical (unpaired) electrons. The zero-order valence-electron chi connectivity index (χ0n) is 9.96. The topological polar surface area (TPSA) is 68.1 Å². The number of pyridine rings is 1. The standard InChI is InChI=1S/C12H10ClN3O2S/c1-14-9-5-2-6-10(11(9)16(17)18)19-12-8(13)4-3-7-15-12/h2-7,14H,1H3. The second-order valence-electron chi connectivity index (χ2n) is 3.55. The highest BCUT2D eigenvalue weighted by atomic mass is 35.5. The van der Waals surface area contributed by atoms with Crippen molar-refractivity contribution in [2.24, 2.45) is 0 Å². The molecule has 7 heteroatoms. The highest BCUT2D eigenvalue weighted by molar-refractivity contribution is 7.99. The number of halogens is 1. The molecule has 1 heterocycles. The van der Waals surface area contributed by atoms with Gasteiger partial charge >= 0.3 is 5.69 Å². The van der Waals surface area contributed by atoms with Crippen LogP contribution < -0.4 is 5.32 Å². The Morgan fingerprint density at radius 1 is 1.37 bits per heavy atom. The van der Waals surface area contributed by atoms with E-state index >= 15 is 0 Å². The van der Waals surface area contributed by atoms with Gasteiger partial charge in [0.2, 0.25) is 0 Å². The molecule has 1 N–H and O–H groups in total. The predicted molar refractivity (Wildman–Crippen MR) is 76.0 cm³/mol. The third-order valence-electron chi connectivity index (χ3n) is 2.38. The lowest BCUT2D eigenvalue weighted by atomic mass is 10.3. The van der Waals surface area contributed by atoms with Crippen LogP contribution in [0, 0.1) is 10.1 Å². The number of hydrogen-bond acceptors (Lipinski definition) is 5. The van der Waals surface area contributed by atoms with Crippen molar-refractivity contribution in [3.8, 4) is 0 Å². The zero-order valence-corrected chi connectivity index (χ0v) is 11.5. The fourth-order valence-electron chi connectivity index (χ4n) is 1.55. The number of nitrogens with zero attached hydrogens (tertiary/aromatic N) is 2. The summed E-state index contributed by atoms with van der Waals surface area (Å²) in [6.45, 7) is 0. The Labute approximate surface area is 119 Å². The van der Waals surface area contributed by atoms with Crippen LogP contribution in [0.2, 0.25) is 5.02 Å². The highest BCUT2D eigenvalue weighted by Gasteiger charge is 2.20. The molecular weight excluding hydrogens is 286 g/mol. The summed E-state index contributed by atoms with van der Waals surface area (Å²) in [5.41, 5.74) is 0.485. The van der Waals surface area contributed by atoms with E-state index in [0.717, 1.165) is 0 Å². The molecule has 1 aromatic heterocycles. The number of hydrogen-bond donors (Lipinski definition) is 1. The molecule has 0 bridgehead atoms. The molecule has 19 heavy (non-hydrogen) atoms. The monoisotopic (exact) mass is 295 g/mol. The van der Waals surface area contributed by atoms with Gasteiger partial charge in [-0.05, 0) is 24.3 Å². The van der Waals surface area contributed by atoms with Gasteiger partial charge < -0.3 is 5.32 Å². The molecule has 0 aliphatic carbocycles. The predicted octanol–water partition coefficient (Wildman–Crippen LogP) is 3.84. The minimum Gasteiger partial charge on any atom is -0.383 e. The summed E-state index contributed by atoms with van der Waals surface area (Å²) >= 11 is 7.18. The number of nitro groups is 1. The molecule has 0 saturated heterocycles. The first-order valence-electron chi connectivity index (χ1n) is 5.37. The van der Waals surface area contributed by atoms with Crippen molar-refractivity contribution < 1.29 is 4.92 Å². The van der Waals surface area contributed by atoms with Crippen LogP contribution in [0.4, 0.5) is 11.4 Å². The van der Waals surface area contributed by atoms with E-state index in [1.54, 1.807) is 43.6 Å².